The quantitative estimate of drug-likeness (QED) is 0.678. The molecular weight excluding hydrogens is 382 g/mol. The van der Waals surface area contributed by atoms with Crippen molar-refractivity contribution in [2.45, 2.75) is 25.4 Å². The van der Waals surface area contributed by atoms with Crippen molar-refractivity contribution in [3.63, 3.8) is 0 Å². The van der Waals surface area contributed by atoms with Gasteiger partial charge < -0.3 is 24.3 Å². The van der Waals surface area contributed by atoms with E-state index in [2.05, 4.69) is 30.1 Å². The van der Waals surface area contributed by atoms with Crippen molar-refractivity contribution in [3.8, 4) is 11.5 Å². The average Bonchev–Trinajstić information content (AvgIpc) is 3.34. The number of hydrogen-bond donors (Lipinski definition) is 1. The van der Waals surface area contributed by atoms with Crippen LogP contribution in [0.15, 0.2) is 36.4 Å². The fraction of sp³-hybridized carbons (Fsp3) is 0.304. The van der Waals surface area contributed by atoms with E-state index in [4.69, 9.17) is 9.47 Å². The Kier molecular flexibility index (Phi) is 3.48. The number of amides is 2. The van der Waals surface area contributed by atoms with E-state index in [1.54, 1.807) is 11.9 Å². The molecule has 30 heavy (non-hydrogen) atoms. The first-order chi connectivity index (χ1) is 14.5. The van der Waals surface area contributed by atoms with Crippen molar-refractivity contribution >= 4 is 22.7 Å². The van der Waals surface area contributed by atoms with Crippen molar-refractivity contribution in [1.82, 2.24) is 14.8 Å². The van der Waals surface area contributed by atoms with Crippen LogP contribution in [0.1, 0.15) is 28.4 Å². The van der Waals surface area contributed by atoms with E-state index in [0.717, 1.165) is 33.3 Å². The second kappa shape index (κ2) is 6.01. The third-order valence-electron chi connectivity index (χ3n) is 6.41. The summed E-state index contributed by atoms with van der Waals surface area (Å²) in [5, 5.41) is 1.11. The second-order valence-electron chi connectivity index (χ2n) is 8.30. The highest BCUT2D eigenvalue weighted by atomic mass is 16.7. The van der Waals surface area contributed by atoms with Crippen molar-refractivity contribution in [2.75, 3.05) is 20.4 Å². The van der Waals surface area contributed by atoms with Gasteiger partial charge in [0.05, 0.1) is 12.6 Å². The first-order valence-corrected chi connectivity index (χ1v) is 10.1. The predicted octanol–water partition coefficient (Wildman–Crippen LogP) is 2.52. The molecule has 1 fully saturated rings. The molecule has 0 saturated carbocycles. The van der Waals surface area contributed by atoms with Gasteiger partial charge >= 0.3 is 0 Å². The van der Waals surface area contributed by atoms with E-state index >= 15 is 0 Å². The largest absolute Gasteiger partial charge is 0.454 e. The molecule has 2 unspecified atom stereocenters. The highest BCUT2D eigenvalue weighted by molar-refractivity contribution is 5.97. The number of likely N-dealkylation sites (N-methyl/N-ethyl adjacent to an activating group) is 1. The maximum atomic E-state index is 13.1. The number of benzene rings is 2. The average molecular weight is 403 g/mol. The molecule has 0 aliphatic carbocycles. The molecule has 0 spiro atoms. The van der Waals surface area contributed by atoms with E-state index in [9.17, 15) is 9.59 Å². The Morgan fingerprint density at radius 3 is 2.77 bits per heavy atom. The van der Waals surface area contributed by atoms with E-state index < -0.39 is 6.04 Å². The number of H-pyrrole nitrogens is 1. The van der Waals surface area contributed by atoms with Gasteiger partial charge in [0.2, 0.25) is 18.6 Å². The normalized spacial score (nSPS) is 22.5. The lowest BCUT2D eigenvalue weighted by molar-refractivity contribution is -0.157. The fourth-order valence-corrected chi connectivity index (χ4v) is 5.00. The number of piperazine rings is 1. The van der Waals surface area contributed by atoms with Gasteiger partial charge in [-0.3, -0.25) is 9.59 Å². The lowest BCUT2D eigenvalue weighted by Gasteiger charge is -2.46. The summed E-state index contributed by atoms with van der Waals surface area (Å²) in [4.78, 5) is 33.1. The molecule has 1 saturated heterocycles. The zero-order chi connectivity index (χ0) is 20.6. The molecule has 1 N–H and O–H groups in total. The molecule has 1 aromatic heterocycles. The number of carbonyl (C=O) groups excluding carboxylic acids is 2. The molecule has 152 valence electrons. The van der Waals surface area contributed by atoms with Crippen molar-refractivity contribution < 1.29 is 19.1 Å². The number of aromatic nitrogens is 1. The summed E-state index contributed by atoms with van der Waals surface area (Å²) >= 11 is 0. The van der Waals surface area contributed by atoms with Crippen molar-refractivity contribution in [1.29, 1.82) is 0 Å². The number of fused-ring (bicyclic) bond motifs is 5. The minimum absolute atomic E-state index is 0.0204. The molecule has 2 atom stereocenters. The van der Waals surface area contributed by atoms with E-state index in [0.29, 0.717) is 17.9 Å². The molecule has 0 bridgehead atoms. The molecule has 6 rings (SSSR count). The van der Waals surface area contributed by atoms with Gasteiger partial charge in [-0.2, -0.15) is 0 Å². The number of rotatable bonds is 1. The number of carbonyl (C=O) groups is 2. The third kappa shape index (κ3) is 2.32. The number of aromatic amines is 1. The van der Waals surface area contributed by atoms with Gasteiger partial charge in [0, 0.05) is 30.1 Å². The lowest BCUT2D eigenvalue weighted by Crippen LogP contribution is -2.62. The Balaban J connectivity index is 1.60. The molecule has 2 amide bonds. The summed E-state index contributed by atoms with van der Waals surface area (Å²) in [6, 6.07) is 11.1. The molecule has 4 heterocycles. The summed E-state index contributed by atoms with van der Waals surface area (Å²) in [5.41, 5.74) is 5.16. The fourth-order valence-electron chi connectivity index (χ4n) is 5.00. The monoisotopic (exact) mass is 403 g/mol. The van der Waals surface area contributed by atoms with Gasteiger partial charge in [0.25, 0.3) is 0 Å². The number of nitrogens with zero attached hydrogens (tertiary/aromatic N) is 2. The molecule has 0 radical (unpaired) electrons. The standard InChI is InChI=1S/C23H21N3O4/c1-12-3-5-16-14(7-12)15-9-17-23(28)25(2)10-20(27)26(17)22(21(15)24-16)13-4-6-18-19(8-13)30-11-29-18/h3-8,17,22,24H,9-11H2,1-2H3. The van der Waals surface area contributed by atoms with Crippen LogP contribution in [0.25, 0.3) is 10.9 Å². The smallest absolute Gasteiger partial charge is 0.245 e. The Morgan fingerprint density at radius 1 is 1.07 bits per heavy atom. The molecule has 7 heteroatoms. The highest BCUT2D eigenvalue weighted by Gasteiger charge is 2.47. The molecular formula is C23H21N3O4. The van der Waals surface area contributed by atoms with Crippen LogP contribution in [-0.4, -0.2) is 53.0 Å². The van der Waals surface area contributed by atoms with Gasteiger partial charge in [0.1, 0.15) is 6.04 Å². The maximum absolute atomic E-state index is 13.1. The van der Waals surface area contributed by atoms with Gasteiger partial charge in [-0.25, -0.2) is 0 Å². The van der Waals surface area contributed by atoms with Crippen LogP contribution in [0.4, 0.5) is 0 Å². The first-order valence-electron chi connectivity index (χ1n) is 10.1. The Bertz CT molecular complexity index is 1230. The Morgan fingerprint density at radius 2 is 1.90 bits per heavy atom. The first kappa shape index (κ1) is 17.4. The molecule has 3 aliphatic heterocycles. The van der Waals surface area contributed by atoms with Crippen LogP contribution >= 0.6 is 0 Å². The molecule has 7 nitrogen and oxygen atoms in total. The van der Waals surface area contributed by atoms with Crippen LogP contribution < -0.4 is 9.47 Å². The molecule has 3 aromatic rings. The van der Waals surface area contributed by atoms with E-state index in [-0.39, 0.29) is 31.2 Å². The van der Waals surface area contributed by atoms with Crippen LogP contribution in [0.2, 0.25) is 0 Å². The molecule has 3 aliphatic rings. The van der Waals surface area contributed by atoms with Gasteiger partial charge in [0.15, 0.2) is 11.5 Å². The van der Waals surface area contributed by atoms with Crippen LogP contribution in [-0.2, 0) is 16.0 Å². The zero-order valence-corrected chi connectivity index (χ0v) is 16.8. The topological polar surface area (TPSA) is 74.9 Å². The summed E-state index contributed by atoms with van der Waals surface area (Å²) < 4.78 is 11.0. The number of aryl methyl sites for hydroxylation is 1. The number of hydrogen-bond acceptors (Lipinski definition) is 4. The minimum atomic E-state index is -0.515. The number of ether oxygens (including phenoxy) is 2. The van der Waals surface area contributed by atoms with Gasteiger partial charge in [-0.1, -0.05) is 17.7 Å². The van der Waals surface area contributed by atoms with Crippen LogP contribution in [0, 0.1) is 6.92 Å². The Labute approximate surface area is 173 Å². The third-order valence-corrected chi connectivity index (χ3v) is 6.41. The lowest BCUT2D eigenvalue weighted by atomic mass is 9.86. The van der Waals surface area contributed by atoms with Crippen molar-refractivity contribution in [3.05, 3.63) is 58.8 Å². The van der Waals surface area contributed by atoms with E-state index in [1.165, 1.54) is 4.90 Å². The maximum Gasteiger partial charge on any atom is 0.245 e. The summed E-state index contributed by atoms with van der Waals surface area (Å²) in [6.07, 6.45) is 0.509. The summed E-state index contributed by atoms with van der Waals surface area (Å²) in [6.45, 7) is 2.34. The van der Waals surface area contributed by atoms with E-state index in [1.807, 2.05) is 18.2 Å². The summed E-state index contributed by atoms with van der Waals surface area (Å²) in [5.74, 6) is 1.29. The molecule has 2 aromatic carbocycles. The van der Waals surface area contributed by atoms with Crippen molar-refractivity contribution in [2.24, 2.45) is 0 Å². The van der Waals surface area contributed by atoms with Crippen LogP contribution in [0.3, 0.4) is 0 Å². The van der Waals surface area contributed by atoms with Crippen LogP contribution in [0.5, 0.6) is 11.5 Å². The number of nitrogens with one attached hydrogen (secondary N) is 1. The second-order valence-corrected chi connectivity index (χ2v) is 8.30. The minimum Gasteiger partial charge on any atom is -0.454 e. The SMILES string of the molecule is Cc1ccc2[nH]c3c(c2c1)CC1C(=O)N(C)CC(=O)N1C3c1ccc2c(c1)OCO2. The zero-order valence-electron chi connectivity index (χ0n) is 16.8. The predicted molar refractivity (Wildman–Crippen MR) is 109 cm³/mol. The van der Waals surface area contributed by atoms with Gasteiger partial charge in [-0.05, 0) is 42.3 Å². The summed E-state index contributed by atoms with van der Waals surface area (Å²) in [7, 11) is 1.70. The van der Waals surface area contributed by atoms with Gasteiger partial charge in [-0.15, -0.1) is 0 Å². The Hall–Kier alpha value is -3.48. The highest BCUT2D eigenvalue weighted by Crippen LogP contribution is 2.44.